The Bertz CT molecular complexity index is 896. The van der Waals surface area contributed by atoms with Crippen molar-refractivity contribution >= 4 is 5.82 Å². The molecule has 0 unspecified atom stereocenters. The lowest BCUT2D eigenvalue weighted by molar-refractivity contribution is 0.102. The van der Waals surface area contributed by atoms with Crippen LogP contribution in [0.15, 0.2) is 54.6 Å². The molecule has 0 atom stereocenters. The van der Waals surface area contributed by atoms with Crippen molar-refractivity contribution < 1.29 is 9.13 Å². The van der Waals surface area contributed by atoms with E-state index < -0.39 is 0 Å². The third-order valence-electron chi connectivity index (χ3n) is 4.19. The minimum Gasteiger partial charge on any atom is -0.384 e. The Morgan fingerprint density at radius 1 is 0.964 bits per heavy atom. The summed E-state index contributed by atoms with van der Waals surface area (Å²) in [5.41, 5.74) is 10.4. The molecule has 0 aliphatic heterocycles. The Hall–Kier alpha value is -2.83. The summed E-state index contributed by atoms with van der Waals surface area (Å²) in [5, 5.41) is 3.34. The molecular weight excluding hydrogens is 355 g/mol. The van der Waals surface area contributed by atoms with E-state index in [2.05, 4.69) is 15.3 Å². The Morgan fingerprint density at radius 2 is 1.75 bits per heavy atom. The van der Waals surface area contributed by atoms with E-state index in [1.807, 2.05) is 43.3 Å². The first-order valence-electron chi connectivity index (χ1n) is 9.29. The molecule has 28 heavy (non-hydrogen) atoms. The third kappa shape index (κ3) is 6.40. The van der Waals surface area contributed by atoms with E-state index in [-0.39, 0.29) is 5.82 Å². The molecule has 2 aromatic heterocycles. The zero-order valence-electron chi connectivity index (χ0n) is 16.0. The molecule has 6 heteroatoms. The highest BCUT2D eigenvalue weighted by Gasteiger charge is 2.02. The van der Waals surface area contributed by atoms with Gasteiger partial charge in [0.15, 0.2) is 0 Å². The maximum Gasteiger partial charge on any atom is 0.123 e. The number of ether oxygens (including phenoxy) is 1. The molecule has 0 aliphatic carbocycles. The molecule has 3 N–H and O–H groups in total. The summed E-state index contributed by atoms with van der Waals surface area (Å²) in [6, 6.07) is 16.4. The van der Waals surface area contributed by atoms with Crippen LogP contribution in [0.1, 0.15) is 28.2 Å². The number of anilines is 1. The number of hydrogen-bond donors (Lipinski definition) is 2. The Morgan fingerprint density at radius 3 is 2.57 bits per heavy atom. The molecule has 1 aromatic carbocycles. The molecule has 0 amide bonds. The van der Waals surface area contributed by atoms with E-state index in [9.17, 15) is 4.39 Å². The summed E-state index contributed by atoms with van der Waals surface area (Å²) < 4.78 is 18.9. The van der Waals surface area contributed by atoms with Gasteiger partial charge in [-0.25, -0.2) is 9.37 Å². The SMILES string of the molecule is Cc1cc(N)nc(COCc2cccc(CNCCc3cccc(F)c3)n2)c1. The van der Waals surface area contributed by atoms with E-state index in [1.165, 1.54) is 6.07 Å². The van der Waals surface area contributed by atoms with Gasteiger partial charge in [0.05, 0.1) is 30.3 Å². The number of nitrogen functional groups attached to an aromatic ring is 1. The Kier molecular flexibility index (Phi) is 7.06. The summed E-state index contributed by atoms with van der Waals surface area (Å²) in [5.74, 6) is 0.304. The van der Waals surface area contributed by atoms with Gasteiger partial charge in [0.25, 0.3) is 0 Å². The molecule has 0 spiro atoms. The van der Waals surface area contributed by atoms with Gasteiger partial charge in [-0.2, -0.15) is 0 Å². The first-order chi connectivity index (χ1) is 13.6. The Labute approximate surface area is 164 Å². The standard InChI is InChI=1S/C22H25FN4O/c1-16-10-21(27-22(24)11-16)15-28-14-20-7-3-6-19(26-20)13-25-9-8-17-4-2-5-18(23)12-17/h2-7,10-12,25H,8-9,13-15H2,1H3,(H2,24,27). The number of aryl methyl sites for hydroxylation is 1. The second kappa shape index (κ2) is 9.92. The fourth-order valence-corrected chi connectivity index (χ4v) is 2.95. The molecule has 0 radical (unpaired) electrons. The molecule has 5 nitrogen and oxygen atoms in total. The number of pyridine rings is 2. The van der Waals surface area contributed by atoms with Gasteiger partial charge in [0.2, 0.25) is 0 Å². The van der Waals surface area contributed by atoms with Gasteiger partial charge in [-0.3, -0.25) is 4.98 Å². The van der Waals surface area contributed by atoms with Gasteiger partial charge in [-0.1, -0.05) is 18.2 Å². The number of rotatable bonds is 9. The van der Waals surface area contributed by atoms with Crippen LogP contribution in [-0.4, -0.2) is 16.5 Å². The second-order valence-corrected chi connectivity index (χ2v) is 6.73. The van der Waals surface area contributed by atoms with Crippen LogP contribution in [0.2, 0.25) is 0 Å². The van der Waals surface area contributed by atoms with Crippen LogP contribution in [0, 0.1) is 12.7 Å². The molecule has 0 saturated carbocycles. The number of benzene rings is 1. The average molecular weight is 380 g/mol. The minimum absolute atomic E-state index is 0.199. The highest BCUT2D eigenvalue weighted by Crippen LogP contribution is 2.09. The van der Waals surface area contributed by atoms with E-state index >= 15 is 0 Å². The summed E-state index contributed by atoms with van der Waals surface area (Å²) in [7, 11) is 0. The molecule has 0 aliphatic rings. The lowest BCUT2D eigenvalue weighted by Gasteiger charge is -2.08. The lowest BCUT2D eigenvalue weighted by atomic mass is 10.1. The van der Waals surface area contributed by atoms with E-state index in [1.54, 1.807) is 12.1 Å². The van der Waals surface area contributed by atoms with Gasteiger partial charge < -0.3 is 15.8 Å². The van der Waals surface area contributed by atoms with Crippen molar-refractivity contribution in [3.05, 3.63) is 88.6 Å². The quantitative estimate of drug-likeness (QED) is 0.556. The number of halogens is 1. The van der Waals surface area contributed by atoms with Crippen molar-refractivity contribution in [1.29, 1.82) is 0 Å². The maximum absolute atomic E-state index is 13.2. The summed E-state index contributed by atoms with van der Waals surface area (Å²) in [6.07, 6.45) is 0.771. The fourth-order valence-electron chi connectivity index (χ4n) is 2.95. The van der Waals surface area contributed by atoms with Gasteiger partial charge in [-0.15, -0.1) is 0 Å². The molecule has 0 fully saturated rings. The first kappa shape index (κ1) is 19.9. The molecule has 2 heterocycles. The van der Waals surface area contributed by atoms with Crippen molar-refractivity contribution in [3.63, 3.8) is 0 Å². The van der Waals surface area contributed by atoms with Crippen molar-refractivity contribution in [2.45, 2.75) is 33.1 Å². The molecule has 146 valence electrons. The number of aromatic nitrogens is 2. The number of hydrogen-bond acceptors (Lipinski definition) is 5. The largest absolute Gasteiger partial charge is 0.384 e. The number of nitrogens with zero attached hydrogens (tertiary/aromatic N) is 2. The van der Waals surface area contributed by atoms with Crippen molar-refractivity contribution in [1.82, 2.24) is 15.3 Å². The van der Waals surface area contributed by atoms with Crippen LogP contribution in [-0.2, 0) is 30.9 Å². The first-order valence-corrected chi connectivity index (χ1v) is 9.29. The topological polar surface area (TPSA) is 73.1 Å². The van der Waals surface area contributed by atoms with Crippen LogP contribution < -0.4 is 11.1 Å². The number of nitrogens with two attached hydrogens (primary N) is 1. The van der Waals surface area contributed by atoms with Gasteiger partial charge in [0.1, 0.15) is 11.6 Å². The van der Waals surface area contributed by atoms with Gasteiger partial charge in [0, 0.05) is 6.54 Å². The van der Waals surface area contributed by atoms with Gasteiger partial charge in [-0.05, 0) is 67.4 Å². The third-order valence-corrected chi connectivity index (χ3v) is 4.19. The lowest BCUT2D eigenvalue weighted by Crippen LogP contribution is -2.17. The van der Waals surface area contributed by atoms with Crippen LogP contribution in [0.4, 0.5) is 10.2 Å². The molecular formula is C22H25FN4O. The summed E-state index contributed by atoms with van der Waals surface area (Å²) in [6.45, 7) is 4.19. The smallest absolute Gasteiger partial charge is 0.123 e. The zero-order valence-corrected chi connectivity index (χ0v) is 16.0. The predicted molar refractivity (Wildman–Crippen MR) is 108 cm³/mol. The number of nitrogens with one attached hydrogen (secondary N) is 1. The van der Waals surface area contributed by atoms with Crippen LogP contribution >= 0.6 is 0 Å². The normalized spacial score (nSPS) is 10.9. The molecule has 3 rings (SSSR count). The predicted octanol–water partition coefficient (Wildman–Crippen LogP) is 3.56. The Balaban J connectivity index is 1.43. The van der Waals surface area contributed by atoms with E-state index in [0.717, 1.165) is 41.2 Å². The highest BCUT2D eigenvalue weighted by atomic mass is 19.1. The van der Waals surface area contributed by atoms with Crippen LogP contribution in [0.5, 0.6) is 0 Å². The molecule has 0 saturated heterocycles. The van der Waals surface area contributed by atoms with Crippen molar-refractivity contribution in [3.8, 4) is 0 Å². The molecule has 3 aromatic rings. The monoisotopic (exact) mass is 380 g/mol. The van der Waals surface area contributed by atoms with E-state index in [4.69, 9.17) is 10.5 Å². The maximum atomic E-state index is 13.2. The van der Waals surface area contributed by atoms with Gasteiger partial charge >= 0.3 is 0 Å². The van der Waals surface area contributed by atoms with Crippen LogP contribution in [0.3, 0.4) is 0 Å². The molecule has 0 bridgehead atoms. The van der Waals surface area contributed by atoms with Crippen molar-refractivity contribution in [2.24, 2.45) is 0 Å². The second-order valence-electron chi connectivity index (χ2n) is 6.73. The van der Waals surface area contributed by atoms with Crippen LogP contribution in [0.25, 0.3) is 0 Å². The highest BCUT2D eigenvalue weighted by molar-refractivity contribution is 5.33. The van der Waals surface area contributed by atoms with Crippen molar-refractivity contribution in [2.75, 3.05) is 12.3 Å². The van der Waals surface area contributed by atoms with E-state index in [0.29, 0.717) is 25.6 Å². The zero-order chi connectivity index (χ0) is 19.8. The summed E-state index contributed by atoms with van der Waals surface area (Å²) in [4.78, 5) is 8.87. The average Bonchev–Trinajstić information content (AvgIpc) is 2.65. The fraction of sp³-hybridized carbons (Fsp3) is 0.273. The minimum atomic E-state index is -0.199. The summed E-state index contributed by atoms with van der Waals surface area (Å²) >= 11 is 0.